The number of hydrogen-bond acceptors (Lipinski definition) is 5. The van der Waals surface area contributed by atoms with Crippen molar-refractivity contribution in [3.63, 3.8) is 0 Å². The number of aryl methyl sites for hydroxylation is 1. The molecule has 0 unspecified atom stereocenters. The summed E-state index contributed by atoms with van der Waals surface area (Å²) in [7, 11) is 0. The molecule has 3 rings (SSSR count). The second-order valence-electron chi connectivity index (χ2n) is 6.62. The average Bonchev–Trinajstić information content (AvgIpc) is 2.97. The van der Waals surface area contributed by atoms with E-state index in [0.29, 0.717) is 28.1 Å². The fourth-order valence-electron chi connectivity index (χ4n) is 2.97. The molecule has 0 bridgehead atoms. The molecule has 10 heteroatoms. The zero-order chi connectivity index (χ0) is 21.2. The Balaban J connectivity index is 1.73. The van der Waals surface area contributed by atoms with Gasteiger partial charge in [0.2, 0.25) is 11.8 Å². The van der Waals surface area contributed by atoms with Gasteiger partial charge in [-0.3, -0.25) is 9.59 Å². The van der Waals surface area contributed by atoms with Gasteiger partial charge in [-0.15, -0.1) is 0 Å². The summed E-state index contributed by atoms with van der Waals surface area (Å²) in [5, 5.41) is 2.69. The third-order valence-corrected chi connectivity index (χ3v) is 4.33. The maximum absolute atomic E-state index is 12.7. The number of carbonyl (C=O) groups is 2. The molecule has 3 heterocycles. The molecule has 1 aliphatic rings. The minimum atomic E-state index is -4.44. The Morgan fingerprint density at radius 2 is 2.10 bits per heavy atom. The first kappa shape index (κ1) is 20.6. The molecule has 0 atom stereocenters. The number of ether oxygens (including phenoxy) is 1. The predicted octanol–water partition coefficient (Wildman–Crippen LogP) is 3.23. The van der Waals surface area contributed by atoms with Gasteiger partial charge in [0.25, 0.3) is 5.91 Å². The number of halogens is 3. The Morgan fingerprint density at radius 3 is 2.76 bits per heavy atom. The summed E-state index contributed by atoms with van der Waals surface area (Å²) in [4.78, 5) is 34.0. The molecule has 0 radical (unpaired) electrons. The molecule has 1 N–H and O–H groups in total. The van der Waals surface area contributed by atoms with Crippen molar-refractivity contribution in [2.24, 2.45) is 0 Å². The summed E-state index contributed by atoms with van der Waals surface area (Å²) in [6.45, 7) is 2.35. The van der Waals surface area contributed by atoms with Crippen LogP contribution in [0.5, 0.6) is 5.88 Å². The van der Waals surface area contributed by atoms with Crippen LogP contribution < -0.4 is 10.1 Å². The maximum Gasteiger partial charge on any atom is 0.422 e. The Bertz CT molecular complexity index is 947. The Hall–Kier alpha value is -3.17. The molecule has 0 saturated heterocycles. The zero-order valence-corrected chi connectivity index (χ0v) is 15.8. The van der Waals surface area contributed by atoms with E-state index in [4.69, 9.17) is 4.74 Å². The molecule has 0 aromatic carbocycles. The number of fused-ring (bicyclic) bond motifs is 1. The van der Waals surface area contributed by atoms with E-state index in [0.717, 1.165) is 0 Å². The fraction of sp³-hybridized carbons (Fsp3) is 0.368. The third kappa shape index (κ3) is 4.82. The van der Waals surface area contributed by atoms with Crippen molar-refractivity contribution < 1.29 is 27.5 Å². The van der Waals surface area contributed by atoms with E-state index in [1.54, 1.807) is 30.9 Å². The van der Waals surface area contributed by atoms with Crippen LogP contribution in [0.1, 0.15) is 40.4 Å². The highest BCUT2D eigenvalue weighted by Gasteiger charge is 2.31. The standard InChI is InChI=1S/C19H19F3N4O3/c1-3-15(27)25-16-14-9-26(18(28)13(14)4-5-23-16)8-12-6-11(2)17(24-7-12)29-10-19(20,21)22/h4-7H,3,8-10H2,1-2H3,(H,23,25,27). The van der Waals surface area contributed by atoms with Gasteiger partial charge in [-0.2, -0.15) is 13.2 Å². The van der Waals surface area contributed by atoms with Crippen LogP contribution in [0.3, 0.4) is 0 Å². The maximum atomic E-state index is 12.7. The van der Waals surface area contributed by atoms with Crippen LogP contribution in [0.15, 0.2) is 24.5 Å². The predicted molar refractivity (Wildman–Crippen MR) is 97.3 cm³/mol. The quantitative estimate of drug-likeness (QED) is 0.793. The lowest BCUT2D eigenvalue weighted by Crippen LogP contribution is -2.23. The largest absolute Gasteiger partial charge is 0.468 e. The highest BCUT2D eigenvalue weighted by atomic mass is 19.4. The summed E-state index contributed by atoms with van der Waals surface area (Å²) in [6, 6.07) is 3.23. The molecule has 0 aliphatic carbocycles. The highest BCUT2D eigenvalue weighted by Crippen LogP contribution is 2.29. The molecule has 7 nitrogen and oxygen atoms in total. The zero-order valence-electron chi connectivity index (χ0n) is 15.8. The van der Waals surface area contributed by atoms with Gasteiger partial charge in [0.05, 0.1) is 6.54 Å². The number of nitrogens with zero attached hydrogens (tertiary/aromatic N) is 3. The van der Waals surface area contributed by atoms with E-state index < -0.39 is 12.8 Å². The van der Waals surface area contributed by atoms with Crippen LogP contribution in [0, 0.1) is 6.92 Å². The summed E-state index contributed by atoms with van der Waals surface area (Å²) >= 11 is 0. The first-order valence-electron chi connectivity index (χ1n) is 8.90. The van der Waals surface area contributed by atoms with E-state index in [1.807, 2.05) is 0 Å². The van der Waals surface area contributed by atoms with Crippen molar-refractivity contribution in [3.05, 3.63) is 46.8 Å². The molecule has 2 amide bonds. The van der Waals surface area contributed by atoms with Crippen LogP contribution >= 0.6 is 0 Å². The number of alkyl halides is 3. The number of carbonyl (C=O) groups excluding carboxylic acids is 2. The Morgan fingerprint density at radius 1 is 1.34 bits per heavy atom. The molecule has 2 aromatic rings. The summed E-state index contributed by atoms with van der Waals surface area (Å²) in [6.07, 6.45) is -1.31. The van der Waals surface area contributed by atoms with E-state index >= 15 is 0 Å². The number of pyridine rings is 2. The molecule has 2 aromatic heterocycles. The fourth-order valence-corrected chi connectivity index (χ4v) is 2.97. The number of rotatable bonds is 6. The van der Waals surface area contributed by atoms with Crippen molar-refractivity contribution in [3.8, 4) is 5.88 Å². The van der Waals surface area contributed by atoms with E-state index in [-0.39, 0.29) is 37.2 Å². The summed E-state index contributed by atoms with van der Waals surface area (Å²) in [5.41, 5.74) is 2.18. The van der Waals surface area contributed by atoms with Crippen LogP contribution in [0.25, 0.3) is 0 Å². The second-order valence-corrected chi connectivity index (χ2v) is 6.62. The molecule has 1 aliphatic heterocycles. The number of nitrogens with one attached hydrogen (secondary N) is 1. The van der Waals surface area contributed by atoms with Crippen molar-refractivity contribution in [2.75, 3.05) is 11.9 Å². The molecule has 154 valence electrons. The van der Waals surface area contributed by atoms with E-state index in [2.05, 4.69) is 15.3 Å². The van der Waals surface area contributed by atoms with Gasteiger partial charge in [0, 0.05) is 42.0 Å². The van der Waals surface area contributed by atoms with Gasteiger partial charge >= 0.3 is 6.18 Å². The van der Waals surface area contributed by atoms with Gasteiger partial charge in [0.15, 0.2) is 6.61 Å². The molecule has 29 heavy (non-hydrogen) atoms. The van der Waals surface area contributed by atoms with Gasteiger partial charge in [0.1, 0.15) is 5.82 Å². The number of amides is 2. The van der Waals surface area contributed by atoms with Crippen molar-refractivity contribution in [2.45, 2.75) is 39.5 Å². The highest BCUT2D eigenvalue weighted by molar-refractivity contribution is 6.01. The van der Waals surface area contributed by atoms with E-state index in [1.165, 1.54) is 12.4 Å². The molecule has 0 fully saturated rings. The normalized spacial score (nSPS) is 13.4. The van der Waals surface area contributed by atoms with Crippen LogP contribution in [0.2, 0.25) is 0 Å². The summed E-state index contributed by atoms with van der Waals surface area (Å²) < 4.78 is 41.6. The van der Waals surface area contributed by atoms with E-state index in [9.17, 15) is 22.8 Å². The monoisotopic (exact) mass is 408 g/mol. The Labute approximate surface area is 164 Å². The van der Waals surface area contributed by atoms with Crippen molar-refractivity contribution >= 4 is 17.6 Å². The first-order chi connectivity index (χ1) is 13.7. The number of aromatic nitrogens is 2. The van der Waals surface area contributed by atoms with Gasteiger partial charge in [-0.25, -0.2) is 9.97 Å². The topological polar surface area (TPSA) is 84.4 Å². The average molecular weight is 408 g/mol. The van der Waals surface area contributed by atoms with Crippen LogP contribution in [0.4, 0.5) is 19.0 Å². The lowest BCUT2D eigenvalue weighted by molar-refractivity contribution is -0.154. The Kier molecular flexibility index (Phi) is 5.71. The second kappa shape index (κ2) is 8.06. The minimum Gasteiger partial charge on any atom is -0.468 e. The molecular formula is C19H19F3N4O3. The number of hydrogen-bond donors (Lipinski definition) is 1. The van der Waals surface area contributed by atoms with Gasteiger partial charge < -0.3 is 15.0 Å². The molecule has 0 spiro atoms. The number of anilines is 1. The van der Waals surface area contributed by atoms with Crippen molar-refractivity contribution in [1.29, 1.82) is 0 Å². The first-order valence-corrected chi connectivity index (χ1v) is 8.90. The van der Waals surface area contributed by atoms with Crippen LogP contribution in [-0.4, -0.2) is 39.5 Å². The van der Waals surface area contributed by atoms with Crippen molar-refractivity contribution in [1.82, 2.24) is 14.9 Å². The van der Waals surface area contributed by atoms with Gasteiger partial charge in [-0.1, -0.05) is 6.92 Å². The lowest BCUT2D eigenvalue weighted by Gasteiger charge is -2.17. The molecular weight excluding hydrogens is 389 g/mol. The summed E-state index contributed by atoms with van der Waals surface area (Å²) in [5.74, 6) is -0.165. The van der Waals surface area contributed by atoms with Gasteiger partial charge in [-0.05, 0) is 24.6 Å². The lowest BCUT2D eigenvalue weighted by atomic mass is 10.1. The van der Waals surface area contributed by atoms with Crippen LogP contribution in [-0.2, 0) is 17.9 Å². The smallest absolute Gasteiger partial charge is 0.422 e. The third-order valence-electron chi connectivity index (χ3n) is 4.33. The minimum absolute atomic E-state index is 0.101. The molecule has 0 saturated carbocycles. The SMILES string of the molecule is CCC(=O)Nc1nccc2c1CN(Cc1cnc(OCC(F)(F)F)c(C)c1)C2=O.